The predicted octanol–water partition coefficient (Wildman–Crippen LogP) is 2.20. The molecule has 7 nitrogen and oxygen atoms in total. The summed E-state index contributed by atoms with van der Waals surface area (Å²) in [5.41, 5.74) is 2.35. The standard InChI is InChI=1S/C14H19N5O2/c1-8(2)12-6-13(19-21-12)17-14(20)16-10-3-4-11-9(5-10)7-15-18-11/h6-8,10H,3-5H2,1-2H3,(H,15,18)(H2,16,17,19,20). The van der Waals surface area contributed by atoms with E-state index in [1.165, 1.54) is 11.3 Å². The van der Waals surface area contributed by atoms with Gasteiger partial charge in [0.1, 0.15) is 5.76 Å². The number of carbonyl (C=O) groups is 1. The van der Waals surface area contributed by atoms with Crippen LogP contribution in [0.1, 0.15) is 43.2 Å². The van der Waals surface area contributed by atoms with Gasteiger partial charge in [0.2, 0.25) is 0 Å². The van der Waals surface area contributed by atoms with Crippen LogP contribution in [0.15, 0.2) is 16.8 Å². The van der Waals surface area contributed by atoms with E-state index in [9.17, 15) is 4.79 Å². The molecule has 1 aliphatic carbocycles. The molecule has 2 amide bonds. The summed E-state index contributed by atoms with van der Waals surface area (Å²) < 4.78 is 5.15. The molecular weight excluding hydrogens is 270 g/mol. The number of aryl methyl sites for hydroxylation is 1. The zero-order valence-electron chi connectivity index (χ0n) is 12.1. The monoisotopic (exact) mass is 289 g/mol. The van der Waals surface area contributed by atoms with E-state index in [1.807, 2.05) is 20.0 Å². The molecular formula is C14H19N5O2. The van der Waals surface area contributed by atoms with Gasteiger partial charge in [-0.05, 0) is 24.8 Å². The van der Waals surface area contributed by atoms with Crippen molar-refractivity contribution in [2.45, 2.75) is 45.1 Å². The van der Waals surface area contributed by atoms with Gasteiger partial charge in [0, 0.05) is 23.7 Å². The van der Waals surface area contributed by atoms with Gasteiger partial charge in [0.15, 0.2) is 5.82 Å². The Kier molecular flexibility index (Phi) is 3.64. The van der Waals surface area contributed by atoms with Crippen molar-refractivity contribution < 1.29 is 9.32 Å². The van der Waals surface area contributed by atoms with Crippen molar-refractivity contribution >= 4 is 11.8 Å². The summed E-state index contributed by atoms with van der Waals surface area (Å²) in [7, 11) is 0. The molecule has 0 aliphatic heterocycles. The first-order chi connectivity index (χ1) is 10.1. The maximum Gasteiger partial charge on any atom is 0.320 e. The van der Waals surface area contributed by atoms with Gasteiger partial charge in [-0.25, -0.2) is 4.79 Å². The molecule has 21 heavy (non-hydrogen) atoms. The molecule has 2 aromatic rings. The zero-order valence-corrected chi connectivity index (χ0v) is 12.1. The molecule has 1 aliphatic rings. The lowest BCUT2D eigenvalue weighted by Gasteiger charge is -2.22. The first-order valence-corrected chi connectivity index (χ1v) is 7.17. The van der Waals surface area contributed by atoms with E-state index in [-0.39, 0.29) is 18.0 Å². The molecule has 2 heterocycles. The topological polar surface area (TPSA) is 95.8 Å². The lowest BCUT2D eigenvalue weighted by molar-refractivity contribution is 0.247. The van der Waals surface area contributed by atoms with Gasteiger partial charge in [0.25, 0.3) is 0 Å². The Morgan fingerprint density at radius 2 is 2.38 bits per heavy atom. The number of nitrogens with zero attached hydrogens (tertiary/aromatic N) is 2. The zero-order chi connectivity index (χ0) is 14.8. The van der Waals surface area contributed by atoms with Crippen molar-refractivity contribution in [3.8, 4) is 0 Å². The third-order valence-electron chi connectivity index (χ3n) is 3.69. The summed E-state index contributed by atoms with van der Waals surface area (Å²) in [6.45, 7) is 4.02. The molecule has 3 N–H and O–H groups in total. The van der Waals surface area contributed by atoms with Crippen molar-refractivity contribution in [3.05, 3.63) is 29.3 Å². The van der Waals surface area contributed by atoms with E-state index in [0.717, 1.165) is 25.0 Å². The van der Waals surface area contributed by atoms with Gasteiger partial charge in [-0.2, -0.15) is 5.10 Å². The van der Waals surface area contributed by atoms with E-state index >= 15 is 0 Å². The number of anilines is 1. The average molecular weight is 289 g/mol. The molecule has 0 fully saturated rings. The number of rotatable bonds is 3. The number of urea groups is 1. The smallest absolute Gasteiger partial charge is 0.320 e. The fourth-order valence-corrected chi connectivity index (χ4v) is 2.50. The van der Waals surface area contributed by atoms with Crippen molar-refractivity contribution in [2.24, 2.45) is 0 Å². The van der Waals surface area contributed by atoms with Crippen LogP contribution in [0.3, 0.4) is 0 Å². The normalized spacial score (nSPS) is 17.6. The summed E-state index contributed by atoms with van der Waals surface area (Å²) in [5, 5.41) is 16.5. The maximum atomic E-state index is 12.0. The molecule has 0 spiro atoms. The quantitative estimate of drug-likeness (QED) is 0.807. The Bertz CT molecular complexity index is 631. The highest BCUT2D eigenvalue weighted by Gasteiger charge is 2.21. The summed E-state index contributed by atoms with van der Waals surface area (Å²) in [4.78, 5) is 12.0. The Labute approximate surface area is 122 Å². The number of H-pyrrole nitrogens is 1. The third kappa shape index (κ3) is 3.07. The Balaban J connectivity index is 1.55. The van der Waals surface area contributed by atoms with Gasteiger partial charge in [0.05, 0.1) is 6.20 Å². The van der Waals surface area contributed by atoms with Crippen molar-refractivity contribution in [1.82, 2.24) is 20.7 Å². The van der Waals surface area contributed by atoms with Gasteiger partial charge < -0.3 is 9.84 Å². The largest absolute Gasteiger partial charge is 0.359 e. The Morgan fingerprint density at radius 1 is 1.52 bits per heavy atom. The highest BCUT2D eigenvalue weighted by atomic mass is 16.5. The van der Waals surface area contributed by atoms with Crippen molar-refractivity contribution in [1.29, 1.82) is 0 Å². The van der Waals surface area contributed by atoms with E-state index in [0.29, 0.717) is 5.82 Å². The molecule has 0 aromatic carbocycles. The maximum absolute atomic E-state index is 12.0. The van der Waals surface area contributed by atoms with Gasteiger partial charge in [-0.3, -0.25) is 10.4 Å². The molecule has 1 unspecified atom stereocenters. The van der Waals surface area contributed by atoms with Crippen molar-refractivity contribution in [2.75, 3.05) is 5.32 Å². The molecule has 1 atom stereocenters. The van der Waals surface area contributed by atoms with Crippen LogP contribution in [0.25, 0.3) is 0 Å². The lowest BCUT2D eigenvalue weighted by atomic mass is 9.94. The summed E-state index contributed by atoms with van der Waals surface area (Å²) in [5.74, 6) is 1.44. The molecule has 0 saturated carbocycles. The summed E-state index contributed by atoms with van der Waals surface area (Å²) in [6.07, 6.45) is 4.43. The van der Waals surface area contributed by atoms with Gasteiger partial charge in [-0.15, -0.1) is 0 Å². The number of carbonyl (C=O) groups excluding carboxylic acids is 1. The molecule has 0 bridgehead atoms. The number of amides is 2. The fraction of sp³-hybridized carbons (Fsp3) is 0.500. The minimum Gasteiger partial charge on any atom is -0.359 e. The fourth-order valence-electron chi connectivity index (χ4n) is 2.50. The van der Waals surface area contributed by atoms with E-state index < -0.39 is 0 Å². The number of nitrogens with one attached hydrogen (secondary N) is 3. The summed E-state index contributed by atoms with van der Waals surface area (Å²) >= 11 is 0. The minimum absolute atomic E-state index is 0.117. The highest BCUT2D eigenvalue weighted by molar-refractivity contribution is 5.88. The molecule has 7 heteroatoms. The second kappa shape index (κ2) is 5.59. The number of fused-ring (bicyclic) bond motifs is 1. The minimum atomic E-state index is -0.254. The van der Waals surface area contributed by atoms with Crippen LogP contribution in [0.5, 0.6) is 0 Å². The second-order valence-electron chi connectivity index (χ2n) is 5.68. The molecule has 112 valence electrons. The number of aromatic nitrogens is 3. The first-order valence-electron chi connectivity index (χ1n) is 7.17. The van der Waals surface area contributed by atoms with Crippen LogP contribution in [0.2, 0.25) is 0 Å². The van der Waals surface area contributed by atoms with E-state index in [4.69, 9.17) is 4.52 Å². The van der Waals surface area contributed by atoms with Crippen LogP contribution in [0.4, 0.5) is 10.6 Å². The second-order valence-corrected chi connectivity index (χ2v) is 5.68. The Hall–Kier alpha value is -2.31. The molecule has 0 saturated heterocycles. The third-order valence-corrected chi connectivity index (χ3v) is 3.69. The van der Waals surface area contributed by atoms with Crippen LogP contribution in [-0.4, -0.2) is 27.4 Å². The molecule has 2 aromatic heterocycles. The highest BCUT2D eigenvalue weighted by Crippen LogP contribution is 2.20. The van der Waals surface area contributed by atoms with Crippen LogP contribution >= 0.6 is 0 Å². The molecule has 0 radical (unpaired) electrons. The SMILES string of the molecule is CC(C)c1cc(NC(=O)NC2CCc3[nH]ncc3C2)no1. The number of hydrogen-bond donors (Lipinski definition) is 3. The lowest BCUT2D eigenvalue weighted by Crippen LogP contribution is -2.41. The van der Waals surface area contributed by atoms with Gasteiger partial charge in [-0.1, -0.05) is 19.0 Å². The average Bonchev–Trinajstić information content (AvgIpc) is 3.06. The molecule has 3 rings (SSSR count). The van der Waals surface area contributed by atoms with Gasteiger partial charge >= 0.3 is 6.03 Å². The Morgan fingerprint density at radius 3 is 3.14 bits per heavy atom. The van der Waals surface area contributed by atoms with Crippen LogP contribution in [-0.2, 0) is 12.8 Å². The number of hydrogen-bond acceptors (Lipinski definition) is 4. The van der Waals surface area contributed by atoms with E-state index in [2.05, 4.69) is 26.0 Å². The predicted molar refractivity (Wildman–Crippen MR) is 77.1 cm³/mol. The van der Waals surface area contributed by atoms with Crippen molar-refractivity contribution in [3.63, 3.8) is 0 Å². The summed E-state index contributed by atoms with van der Waals surface area (Å²) in [6, 6.07) is 1.61. The number of aromatic amines is 1. The van der Waals surface area contributed by atoms with Crippen LogP contribution in [0, 0.1) is 0 Å². The first kappa shape index (κ1) is 13.7. The van der Waals surface area contributed by atoms with E-state index in [1.54, 1.807) is 6.07 Å². The van der Waals surface area contributed by atoms with Crippen LogP contribution < -0.4 is 10.6 Å².